The van der Waals surface area contributed by atoms with Crippen LogP contribution in [0, 0.1) is 0 Å². The fourth-order valence-electron chi connectivity index (χ4n) is 2.70. The molecule has 2 amide bonds. The number of imidazole rings is 1. The zero-order valence-corrected chi connectivity index (χ0v) is 15.5. The maximum Gasteiger partial charge on any atom is 0.287 e. The van der Waals surface area contributed by atoms with E-state index >= 15 is 0 Å². The van der Waals surface area contributed by atoms with Crippen molar-refractivity contribution in [3.8, 4) is 0 Å². The van der Waals surface area contributed by atoms with Crippen LogP contribution in [0.25, 0.3) is 5.52 Å². The fraction of sp³-hybridized carbons (Fsp3) is 0.250. The molecule has 3 aromatic rings. The number of pyridine rings is 1. The van der Waals surface area contributed by atoms with Crippen LogP contribution in [0.3, 0.4) is 0 Å². The van der Waals surface area contributed by atoms with Crippen molar-refractivity contribution < 1.29 is 9.59 Å². The molecule has 0 fully saturated rings. The first-order valence-electron chi connectivity index (χ1n) is 8.78. The van der Waals surface area contributed by atoms with Gasteiger partial charge in [-0.2, -0.15) is 0 Å². The maximum atomic E-state index is 12.6. The topological polar surface area (TPSA) is 78.7 Å². The van der Waals surface area contributed by atoms with E-state index in [1.807, 2.05) is 55.4 Å². The first-order valence-corrected chi connectivity index (χ1v) is 8.78. The number of carbonyl (C=O) groups excluding carboxylic acids is 2. The number of benzene rings is 1. The fourth-order valence-corrected chi connectivity index (χ4v) is 2.70. The van der Waals surface area contributed by atoms with Crippen LogP contribution in [0.5, 0.6) is 0 Å². The van der Waals surface area contributed by atoms with Gasteiger partial charge < -0.3 is 15.5 Å². The molecule has 0 radical (unpaired) electrons. The number of nitrogens with zero attached hydrogens (tertiary/aromatic N) is 3. The molecule has 0 spiro atoms. The van der Waals surface area contributed by atoms with Crippen LogP contribution in [-0.4, -0.2) is 53.3 Å². The van der Waals surface area contributed by atoms with Gasteiger partial charge >= 0.3 is 0 Å². The lowest BCUT2D eigenvalue weighted by molar-refractivity contribution is 0.0940. The molecule has 0 aliphatic rings. The standard InChI is InChI=1S/C20H23N5O2/c1-24(2)13-11-21-20(27)18-23-17(16-10-6-7-12-25(16)18)19(26)22-14-15-8-4-3-5-9-15/h3-10,12H,11,13-14H2,1-2H3,(H,21,27)(H,22,26). The third-order valence-corrected chi connectivity index (χ3v) is 4.11. The van der Waals surface area contributed by atoms with Crippen molar-refractivity contribution >= 4 is 17.3 Å². The molecule has 2 heterocycles. The van der Waals surface area contributed by atoms with E-state index in [2.05, 4.69) is 15.6 Å². The molecule has 2 aromatic heterocycles. The lowest BCUT2D eigenvalue weighted by Gasteiger charge is -2.09. The highest BCUT2D eigenvalue weighted by Gasteiger charge is 2.21. The van der Waals surface area contributed by atoms with E-state index in [4.69, 9.17) is 0 Å². The molecule has 0 aliphatic heterocycles. The summed E-state index contributed by atoms with van der Waals surface area (Å²) in [5, 5.41) is 5.70. The average molecular weight is 365 g/mol. The Bertz CT molecular complexity index is 934. The van der Waals surface area contributed by atoms with Gasteiger partial charge in [-0.3, -0.25) is 14.0 Å². The lowest BCUT2D eigenvalue weighted by Crippen LogP contribution is -2.32. The highest BCUT2D eigenvalue weighted by Crippen LogP contribution is 2.13. The predicted octanol–water partition coefficient (Wildman–Crippen LogP) is 1.56. The van der Waals surface area contributed by atoms with Crippen LogP contribution in [0.4, 0.5) is 0 Å². The van der Waals surface area contributed by atoms with Crippen LogP contribution < -0.4 is 10.6 Å². The van der Waals surface area contributed by atoms with Gasteiger partial charge in [0.1, 0.15) is 0 Å². The monoisotopic (exact) mass is 365 g/mol. The molecule has 2 N–H and O–H groups in total. The van der Waals surface area contributed by atoms with Crippen LogP contribution in [0.2, 0.25) is 0 Å². The summed E-state index contributed by atoms with van der Waals surface area (Å²) >= 11 is 0. The first-order chi connectivity index (χ1) is 13.1. The van der Waals surface area contributed by atoms with Gasteiger partial charge in [-0.1, -0.05) is 36.4 Å². The van der Waals surface area contributed by atoms with E-state index in [0.29, 0.717) is 18.6 Å². The number of amides is 2. The number of carbonyl (C=O) groups is 2. The molecule has 0 aliphatic carbocycles. The molecular weight excluding hydrogens is 342 g/mol. The Morgan fingerprint density at radius 3 is 2.48 bits per heavy atom. The number of hydrogen-bond acceptors (Lipinski definition) is 4. The molecule has 0 unspecified atom stereocenters. The zero-order valence-electron chi connectivity index (χ0n) is 15.5. The molecule has 3 rings (SSSR count). The van der Waals surface area contributed by atoms with Gasteiger partial charge in [0.05, 0.1) is 5.52 Å². The van der Waals surface area contributed by atoms with Crippen LogP contribution in [0.1, 0.15) is 26.7 Å². The second-order valence-corrected chi connectivity index (χ2v) is 6.47. The number of nitrogens with one attached hydrogen (secondary N) is 2. The van der Waals surface area contributed by atoms with Crippen LogP contribution in [0.15, 0.2) is 54.7 Å². The third kappa shape index (κ3) is 4.51. The lowest BCUT2D eigenvalue weighted by atomic mass is 10.2. The van der Waals surface area contributed by atoms with Gasteiger partial charge in [0.15, 0.2) is 5.69 Å². The van der Waals surface area contributed by atoms with Crippen molar-refractivity contribution in [3.05, 3.63) is 71.8 Å². The van der Waals surface area contributed by atoms with Crippen molar-refractivity contribution in [1.29, 1.82) is 0 Å². The van der Waals surface area contributed by atoms with Gasteiger partial charge in [0.2, 0.25) is 5.82 Å². The van der Waals surface area contributed by atoms with E-state index in [0.717, 1.165) is 12.1 Å². The number of fused-ring (bicyclic) bond motifs is 1. The SMILES string of the molecule is CN(C)CCNC(=O)c1nc(C(=O)NCc2ccccc2)c2ccccn12. The second kappa shape index (κ2) is 8.46. The number of hydrogen-bond donors (Lipinski definition) is 2. The Morgan fingerprint density at radius 1 is 1.00 bits per heavy atom. The van der Waals surface area contributed by atoms with Crippen LogP contribution >= 0.6 is 0 Å². The van der Waals surface area contributed by atoms with Gasteiger partial charge in [0.25, 0.3) is 11.8 Å². The molecule has 7 nitrogen and oxygen atoms in total. The Kier molecular flexibility index (Phi) is 5.83. The molecule has 0 bridgehead atoms. The summed E-state index contributed by atoms with van der Waals surface area (Å²) in [6, 6.07) is 15.0. The van der Waals surface area contributed by atoms with Crippen molar-refractivity contribution in [2.45, 2.75) is 6.54 Å². The highest BCUT2D eigenvalue weighted by molar-refractivity contribution is 6.02. The predicted molar refractivity (Wildman–Crippen MR) is 104 cm³/mol. The molecule has 140 valence electrons. The number of likely N-dealkylation sites (N-methyl/N-ethyl adjacent to an activating group) is 1. The van der Waals surface area contributed by atoms with E-state index in [1.54, 1.807) is 22.7 Å². The van der Waals surface area contributed by atoms with Crippen molar-refractivity contribution in [2.24, 2.45) is 0 Å². The van der Waals surface area contributed by atoms with E-state index in [9.17, 15) is 9.59 Å². The highest BCUT2D eigenvalue weighted by atomic mass is 16.2. The van der Waals surface area contributed by atoms with Gasteiger partial charge in [-0.05, 0) is 31.8 Å². The molecule has 1 aromatic carbocycles. The Hall–Kier alpha value is -3.19. The second-order valence-electron chi connectivity index (χ2n) is 6.47. The summed E-state index contributed by atoms with van der Waals surface area (Å²) in [6.07, 6.45) is 1.73. The normalized spacial score (nSPS) is 10.9. The summed E-state index contributed by atoms with van der Waals surface area (Å²) in [6.45, 7) is 1.62. The van der Waals surface area contributed by atoms with E-state index in [1.165, 1.54) is 0 Å². The van der Waals surface area contributed by atoms with Crippen molar-refractivity contribution in [1.82, 2.24) is 24.9 Å². The number of aromatic nitrogens is 2. The summed E-state index contributed by atoms with van der Waals surface area (Å²) < 4.78 is 1.64. The Labute approximate surface area is 158 Å². The zero-order chi connectivity index (χ0) is 19.2. The summed E-state index contributed by atoms with van der Waals surface area (Å²) in [5.74, 6) is -0.413. The number of rotatable bonds is 7. The van der Waals surface area contributed by atoms with Gasteiger partial charge in [0, 0.05) is 25.8 Å². The summed E-state index contributed by atoms with van der Waals surface area (Å²) in [5.41, 5.74) is 1.83. The summed E-state index contributed by atoms with van der Waals surface area (Å²) in [7, 11) is 3.87. The maximum absolute atomic E-state index is 12.6. The average Bonchev–Trinajstić information content (AvgIpc) is 3.06. The van der Waals surface area contributed by atoms with E-state index < -0.39 is 0 Å². The first kappa shape index (κ1) is 18.6. The summed E-state index contributed by atoms with van der Waals surface area (Å²) in [4.78, 5) is 31.5. The van der Waals surface area contributed by atoms with Gasteiger partial charge in [-0.25, -0.2) is 4.98 Å². The molecule has 0 saturated heterocycles. The van der Waals surface area contributed by atoms with E-state index in [-0.39, 0.29) is 23.3 Å². The molecule has 0 atom stereocenters. The Morgan fingerprint density at radius 2 is 1.74 bits per heavy atom. The Balaban J connectivity index is 1.79. The minimum Gasteiger partial charge on any atom is -0.348 e. The van der Waals surface area contributed by atoms with Crippen molar-refractivity contribution in [2.75, 3.05) is 27.2 Å². The van der Waals surface area contributed by atoms with Gasteiger partial charge in [-0.15, -0.1) is 0 Å². The molecule has 0 saturated carbocycles. The minimum absolute atomic E-state index is 0.203. The third-order valence-electron chi connectivity index (χ3n) is 4.11. The molecule has 27 heavy (non-hydrogen) atoms. The minimum atomic E-state index is -0.310. The van der Waals surface area contributed by atoms with Crippen molar-refractivity contribution in [3.63, 3.8) is 0 Å². The van der Waals surface area contributed by atoms with Crippen LogP contribution in [-0.2, 0) is 6.54 Å². The smallest absolute Gasteiger partial charge is 0.287 e. The molecular formula is C20H23N5O2. The largest absolute Gasteiger partial charge is 0.348 e. The molecule has 7 heteroatoms. The quantitative estimate of drug-likeness (QED) is 0.666.